The van der Waals surface area contributed by atoms with Crippen molar-refractivity contribution in [1.82, 2.24) is 14.8 Å². The van der Waals surface area contributed by atoms with Crippen LogP contribution in [0.3, 0.4) is 0 Å². The molecule has 0 amide bonds. The lowest BCUT2D eigenvalue weighted by Gasteiger charge is -2.04. The molecule has 19 heavy (non-hydrogen) atoms. The SMILES string of the molecule is Cn1nc(C(=O)OCc2ccccc2)c(=O)[nH]c1=O. The van der Waals surface area contributed by atoms with Gasteiger partial charge >= 0.3 is 11.7 Å². The Morgan fingerprint density at radius 2 is 2.00 bits per heavy atom. The monoisotopic (exact) mass is 261 g/mol. The number of aryl methyl sites for hydroxylation is 1. The second-order valence-electron chi connectivity index (χ2n) is 3.79. The number of ether oxygens (including phenoxy) is 1. The maximum absolute atomic E-state index is 11.7. The van der Waals surface area contributed by atoms with E-state index < -0.39 is 22.9 Å². The van der Waals surface area contributed by atoms with Gasteiger partial charge in [0.25, 0.3) is 5.56 Å². The predicted octanol–water partition coefficient (Wildman–Crippen LogP) is -0.174. The maximum atomic E-state index is 11.7. The Labute approximate surface area is 107 Å². The van der Waals surface area contributed by atoms with Crippen LogP contribution in [0.1, 0.15) is 16.1 Å². The average molecular weight is 261 g/mol. The number of hydrogen-bond acceptors (Lipinski definition) is 5. The summed E-state index contributed by atoms with van der Waals surface area (Å²) in [5.74, 6) is -0.874. The summed E-state index contributed by atoms with van der Waals surface area (Å²) in [5, 5.41) is 3.57. The van der Waals surface area contributed by atoms with Crippen molar-refractivity contribution in [3.05, 3.63) is 62.4 Å². The maximum Gasteiger partial charge on any atom is 0.364 e. The van der Waals surface area contributed by atoms with Crippen LogP contribution in [0.4, 0.5) is 0 Å². The van der Waals surface area contributed by atoms with Gasteiger partial charge in [-0.25, -0.2) is 14.3 Å². The number of H-pyrrole nitrogens is 1. The Hall–Kier alpha value is -2.70. The predicted molar refractivity (Wildman–Crippen MR) is 65.7 cm³/mol. The molecule has 0 unspecified atom stereocenters. The molecule has 1 N–H and O–H groups in total. The highest BCUT2D eigenvalue weighted by molar-refractivity contribution is 5.86. The molecule has 1 aromatic carbocycles. The van der Waals surface area contributed by atoms with E-state index in [9.17, 15) is 14.4 Å². The number of nitrogens with zero attached hydrogens (tertiary/aromatic N) is 2. The Morgan fingerprint density at radius 1 is 1.32 bits per heavy atom. The second-order valence-corrected chi connectivity index (χ2v) is 3.79. The van der Waals surface area contributed by atoms with E-state index in [1.165, 1.54) is 7.05 Å². The van der Waals surface area contributed by atoms with Crippen LogP contribution in [0, 0.1) is 0 Å². The lowest BCUT2D eigenvalue weighted by atomic mass is 10.2. The number of aromatic nitrogens is 3. The summed E-state index contributed by atoms with van der Waals surface area (Å²) in [6.07, 6.45) is 0. The lowest BCUT2D eigenvalue weighted by molar-refractivity contribution is 0.0460. The van der Waals surface area contributed by atoms with Crippen molar-refractivity contribution in [2.24, 2.45) is 7.05 Å². The van der Waals surface area contributed by atoms with Crippen molar-refractivity contribution < 1.29 is 9.53 Å². The number of nitrogens with one attached hydrogen (secondary N) is 1. The van der Waals surface area contributed by atoms with Gasteiger partial charge in [0.05, 0.1) is 0 Å². The zero-order chi connectivity index (χ0) is 13.8. The minimum absolute atomic E-state index is 0.0314. The molecule has 7 heteroatoms. The van der Waals surface area contributed by atoms with Crippen LogP contribution in [-0.4, -0.2) is 20.7 Å². The van der Waals surface area contributed by atoms with E-state index in [2.05, 4.69) is 5.10 Å². The zero-order valence-electron chi connectivity index (χ0n) is 10.1. The molecule has 0 radical (unpaired) electrons. The van der Waals surface area contributed by atoms with E-state index in [1.54, 1.807) is 24.3 Å². The Balaban J connectivity index is 2.15. The number of benzene rings is 1. The highest BCUT2D eigenvalue weighted by atomic mass is 16.5. The van der Waals surface area contributed by atoms with Crippen molar-refractivity contribution in [2.45, 2.75) is 6.61 Å². The van der Waals surface area contributed by atoms with Gasteiger partial charge in [0, 0.05) is 7.05 Å². The largest absolute Gasteiger partial charge is 0.456 e. The number of carbonyl (C=O) groups is 1. The van der Waals surface area contributed by atoms with Crippen molar-refractivity contribution in [3.63, 3.8) is 0 Å². The smallest absolute Gasteiger partial charge is 0.364 e. The molecule has 0 saturated heterocycles. The number of aromatic amines is 1. The second kappa shape index (κ2) is 5.30. The Kier molecular flexibility index (Phi) is 3.56. The molecule has 2 rings (SSSR count). The van der Waals surface area contributed by atoms with Crippen LogP contribution in [0.15, 0.2) is 39.9 Å². The molecule has 2 aromatic rings. The molecule has 0 spiro atoms. The standard InChI is InChI=1S/C12H11N3O4/c1-15-12(18)13-10(16)9(14-15)11(17)19-7-8-5-3-2-4-6-8/h2-6H,7H2,1H3,(H,13,16,18). The van der Waals surface area contributed by atoms with Gasteiger partial charge in [-0.05, 0) is 5.56 Å². The molecule has 1 heterocycles. The van der Waals surface area contributed by atoms with Crippen LogP contribution in [0.25, 0.3) is 0 Å². The minimum atomic E-state index is -0.874. The molecule has 7 nitrogen and oxygen atoms in total. The normalized spacial score (nSPS) is 10.2. The fourth-order valence-corrected chi connectivity index (χ4v) is 1.40. The van der Waals surface area contributed by atoms with Crippen LogP contribution in [-0.2, 0) is 18.4 Å². The molecule has 0 bridgehead atoms. The van der Waals surface area contributed by atoms with Crippen LogP contribution >= 0.6 is 0 Å². The topological polar surface area (TPSA) is 94.1 Å². The summed E-state index contributed by atoms with van der Waals surface area (Å²) in [7, 11) is 1.33. The molecule has 98 valence electrons. The number of hydrogen-bond donors (Lipinski definition) is 1. The van der Waals surface area contributed by atoms with E-state index in [-0.39, 0.29) is 6.61 Å². The number of rotatable bonds is 3. The van der Waals surface area contributed by atoms with Gasteiger partial charge in [0.2, 0.25) is 5.69 Å². The molecular formula is C12H11N3O4. The Bertz CT molecular complexity index is 703. The van der Waals surface area contributed by atoms with Gasteiger partial charge in [0.1, 0.15) is 6.61 Å². The fourth-order valence-electron chi connectivity index (χ4n) is 1.40. The summed E-state index contributed by atoms with van der Waals surface area (Å²) in [5.41, 5.74) is -1.21. The molecule has 0 aliphatic carbocycles. The lowest BCUT2D eigenvalue weighted by Crippen LogP contribution is -2.35. The Morgan fingerprint density at radius 3 is 2.68 bits per heavy atom. The molecule has 0 saturated carbocycles. The minimum Gasteiger partial charge on any atom is -0.456 e. The molecule has 0 aliphatic heterocycles. The highest BCUT2D eigenvalue weighted by Gasteiger charge is 2.15. The van der Waals surface area contributed by atoms with E-state index >= 15 is 0 Å². The van der Waals surface area contributed by atoms with E-state index in [0.717, 1.165) is 10.2 Å². The third-order valence-electron chi connectivity index (χ3n) is 2.39. The zero-order valence-corrected chi connectivity index (χ0v) is 10.1. The fraction of sp³-hybridized carbons (Fsp3) is 0.167. The summed E-state index contributed by atoms with van der Waals surface area (Å²) in [4.78, 5) is 36.2. The van der Waals surface area contributed by atoms with Crippen molar-refractivity contribution in [1.29, 1.82) is 0 Å². The number of esters is 1. The summed E-state index contributed by atoms with van der Waals surface area (Å²) >= 11 is 0. The van der Waals surface area contributed by atoms with Crippen molar-refractivity contribution in [3.8, 4) is 0 Å². The van der Waals surface area contributed by atoms with E-state index in [0.29, 0.717) is 0 Å². The first-order chi connectivity index (χ1) is 9.08. The van der Waals surface area contributed by atoms with Gasteiger partial charge in [-0.1, -0.05) is 30.3 Å². The van der Waals surface area contributed by atoms with Crippen LogP contribution < -0.4 is 11.2 Å². The summed E-state index contributed by atoms with van der Waals surface area (Å²) in [6, 6.07) is 9.02. The van der Waals surface area contributed by atoms with E-state index in [1.807, 2.05) is 11.1 Å². The van der Waals surface area contributed by atoms with Gasteiger partial charge in [0.15, 0.2) is 0 Å². The van der Waals surface area contributed by atoms with Gasteiger partial charge in [-0.2, -0.15) is 5.10 Å². The van der Waals surface area contributed by atoms with Crippen molar-refractivity contribution >= 4 is 5.97 Å². The van der Waals surface area contributed by atoms with Crippen LogP contribution in [0.2, 0.25) is 0 Å². The first kappa shape index (κ1) is 12.7. The third kappa shape index (κ3) is 2.95. The summed E-state index contributed by atoms with van der Waals surface area (Å²) < 4.78 is 5.81. The molecule has 1 aromatic heterocycles. The van der Waals surface area contributed by atoms with Gasteiger partial charge in [-0.3, -0.25) is 9.78 Å². The number of carbonyl (C=O) groups excluding carboxylic acids is 1. The van der Waals surface area contributed by atoms with E-state index in [4.69, 9.17) is 4.74 Å². The van der Waals surface area contributed by atoms with Gasteiger partial charge < -0.3 is 4.74 Å². The average Bonchev–Trinajstić information content (AvgIpc) is 2.41. The third-order valence-corrected chi connectivity index (χ3v) is 2.39. The highest BCUT2D eigenvalue weighted by Crippen LogP contribution is 2.01. The summed E-state index contributed by atoms with van der Waals surface area (Å²) in [6.45, 7) is 0.0314. The molecule has 0 atom stereocenters. The molecule has 0 fully saturated rings. The van der Waals surface area contributed by atoms with Crippen LogP contribution in [0.5, 0.6) is 0 Å². The first-order valence-corrected chi connectivity index (χ1v) is 5.46. The van der Waals surface area contributed by atoms with Gasteiger partial charge in [-0.15, -0.1) is 0 Å². The first-order valence-electron chi connectivity index (χ1n) is 5.46. The molecule has 0 aliphatic rings. The molecular weight excluding hydrogens is 250 g/mol. The quantitative estimate of drug-likeness (QED) is 0.774. The van der Waals surface area contributed by atoms with Crippen molar-refractivity contribution in [2.75, 3.05) is 0 Å².